The van der Waals surface area contributed by atoms with Gasteiger partial charge in [0.15, 0.2) is 0 Å². The maximum atomic E-state index is 11.7. The first-order valence-electron chi connectivity index (χ1n) is 4.89. The van der Waals surface area contributed by atoms with Gasteiger partial charge in [0.05, 0.1) is 0 Å². The van der Waals surface area contributed by atoms with Crippen LogP contribution in [-0.4, -0.2) is 19.9 Å². The number of unbranched alkanes of at least 4 members (excludes halogenated alkanes) is 1. The third-order valence-electron chi connectivity index (χ3n) is 1.95. The van der Waals surface area contributed by atoms with Crippen molar-refractivity contribution in [2.75, 3.05) is 6.54 Å². The van der Waals surface area contributed by atoms with Gasteiger partial charge in [-0.05, 0) is 18.6 Å². The zero-order valence-corrected chi connectivity index (χ0v) is 9.87. The van der Waals surface area contributed by atoms with Crippen LogP contribution in [0.2, 0.25) is 0 Å². The minimum Gasteiger partial charge on any atom is -0.244 e. The fraction of sp³-hybridized carbons (Fsp3) is 0.273. The van der Waals surface area contributed by atoms with Crippen LogP contribution >= 0.6 is 0 Å². The van der Waals surface area contributed by atoms with Gasteiger partial charge in [-0.3, -0.25) is 0 Å². The molecule has 1 aromatic heterocycles. The van der Waals surface area contributed by atoms with Gasteiger partial charge in [0.25, 0.3) is 0 Å². The fourth-order valence-electron chi connectivity index (χ4n) is 1.09. The number of nitrogens with zero attached hydrogens (tertiary/aromatic N) is 2. The number of terminal acetylenes is 1. The van der Waals surface area contributed by atoms with Gasteiger partial charge in [0, 0.05) is 19.2 Å². The van der Waals surface area contributed by atoms with E-state index in [2.05, 4.69) is 15.6 Å². The lowest BCUT2D eigenvalue weighted by atomic mass is 10.3. The van der Waals surface area contributed by atoms with E-state index in [1.54, 1.807) is 0 Å². The normalized spacial score (nSPS) is 10.5. The third-order valence-corrected chi connectivity index (χ3v) is 3.40. The Hall–Kier alpha value is -1.89. The van der Waals surface area contributed by atoms with Crippen LogP contribution in [-0.2, 0) is 10.0 Å². The number of nitriles is 1. The Morgan fingerprint density at radius 2 is 2.24 bits per heavy atom. The minimum absolute atomic E-state index is 0.0391. The van der Waals surface area contributed by atoms with Gasteiger partial charge in [-0.25, -0.2) is 18.1 Å². The minimum atomic E-state index is -3.56. The van der Waals surface area contributed by atoms with Gasteiger partial charge in [-0.1, -0.05) is 0 Å². The summed E-state index contributed by atoms with van der Waals surface area (Å²) < 4.78 is 25.8. The smallest absolute Gasteiger partial charge is 0.242 e. The predicted octanol–water partition coefficient (Wildman–Crippen LogP) is 0.645. The Morgan fingerprint density at radius 1 is 1.47 bits per heavy atom. The molecule has 0 saturated carbocycles. The van der Waals surface area contributed by atoms with Gasteiger partial charge in [-0.2, -0.15) is 5.26 Å². The summed E-state index contributed by atoms with van der Waals surface area (Å²) in [5.74, 6) is 2.43. The molecule has 1 N–H and O–H groups in total. The Balaban J connectivity index is 2.70. The zero-order chi connectivity index (χ0) is 12.7. The van der Waals surface area contributed by atoms with E-state index in [-0.39, 0.29) is 17.1 Å². The third kappa shape index (κ3) is 3.87. The molecule has 0 atom stereocenters. The number of rotatable bonds is 5. The van der Waals surface area contributed by atoms with Crippen molar-refractivity contribution in [1.82, 2.24) is 9.71 Å². The highest BCUT2D eigenvalue weighted by molar-refractivity contribution is 7.89. The summed E-state index contributed by atoms with van der Waals surface area (Å²) in [5.41, 5.74) is 0.177. The first-order valence-corrected chi connectivity index (χ1v) is 6.38. The topological polar surface area (TPSA) is 82.9 Å². The van der Waals surface area contributed by atoms with Crippen molar-refractivity contribution in [3.8, 4) is 18.4 Å². The maximum Gasteiger partial charge on any atom is 0.242 e. The summed E-state index contributed by atoms with van der Waals surface area (Å²) in [6.07, 6.45) is 7.31. The van der Waals surface area contributed by atoms with Crippen LogP contribution < -0.4 is 4.72 Å². The molecule has 5 nitrogen and oxygen atoms in total. The van der Waals surface area contributed by atoms with Crippen LogP contribution in [0, 0.1) is 23.7 Å². The summed E-state index contributed by atoms with van der Waals surface area (Å²) in [5, 5.41) is 8.54. The molecule has 6 heteroatoms. The molecule has 0 fully saturated rings. The number of aromatic nitrogens is 1. The number of nitrogens with one attached hydrogen (secondary N) is 1. The Bertz CT molecular complexity index is 550. The van der Waals surface area contributed by atoms with Crippen LogP contribution in [0.25, 0.3) is 0 Å². The van der Waals surface area contributed by atoms with Crippen LogP contribution in [0.5, 0.6) is 0 Å². The molecular formula is C11H11N3O2S. The molecule has 0 aliphatic carbocycles. The average Bonchev–Trinajstić information content (AvgIpc) is 2.35. The molecule has 0 radical (unpaired) electrons. The van der Waals surface area contributed by atoms with E-state index in [1.165, 1.54) is 12.1 Å². The van der Waals surface area contributed by atoms with Crippen LogP contribution in [0.4, 0.5) is 0 Å². The summed E-state index contributed by atoms with van der Waals surface area (Å²) in [7, 11) is -3.56. The number of hydrogen-bond acceptors (Lipinski definition) is 4. The van der Waals surface area contributed by atoms with Gasteiger partial charge < -0.3 is 0 Å². The molecule has 0 saturated heterocycles. The molecule has 0 amide bonds. The van der Waals surface area contributed by atoms with Crippen molar-refractivity contribution in [2.24, 2.45) is 0 Å². The molecular weight excluding hydrogens is 238 g/mol. The Kier molecular flexibility index (Phi) is 4.65. The van der Waals surface area contributed by atoms with E-state index in [4.69, 9.17) is 11.7 Å². The van der Waals surface area contributed by atoms with E-state index in [0.717, 1.165) is 6.20 Å². The van der Waals surface area contributed by atoms with E-state index in [0.29, 0.717) is 12.8 Å². The highest BCUT2D eigenvalue weighted by atomic mass is 32.2. The monoisotopic (exact) mass is 249 g/mol. The number of sulfonamides is 1. The van der Waals surface area contributed by atoms with E-state index in [9.17, 15) is 8.42 Å². The Morgan fingerprint density at radius 3 is 2.76 bits per heavy atom. The van der Waals surface area contributed by atoms with Gasteiger partial charge in [0.1, 0.15) is 16.7 Å². The summed E-state index contributed by atoms with van der Waals surface area (Å²) in [4.78, 5) is 3.73. The molecule has 0 bridgehead atoms. The highest BCUT2D eigenvalue weighted by Gasteiger charge is 2.13. The second-order valence-electron chi connectivity index (χ2n) is 3.20. The van der Waals surface area contributed by atoms with E-state index < -0.39 is 10.0 Å². The van der Waals surface area contributed by atoms with Crippen molar-refractivity contribution in [3.63, 3.8) is 0 Å². The SMILES string of the molecule is C#CCCCNS(=O)(=O)c1ccc(C#N)nc1. The largest absolute Gasteiger partial charge is 0.244 e. The second-order valence-corrected chi connectivity index (χ2v) is 4.96. The molecule has 0 aliphatic heterocycles. The van der Waals surface area contributed by atoms with Crippen molar-refractivity contribution in [1.29, 1.82) is 5.26 Å². The molecule has 17 heavy (non-hydrogen) atoms. The lowest BCUT2D eigenvalue weighted by Gasteiger charge is -2.04. The molecule has 1 rings (SSSR count). The Labute approximate surface area is 101 Å². The number of hydrogen-bond donors (Lipinski definition) is 1. The van der Waals surface area contributed by atoms with Crippen LogP contribution in [0.1, 0.15) is 18.5 Å². The molecule has 0 aliphatic rings. The molecule has 88 valence electrons. The van der Waals surface area contributed by atoms with Gasteiger partial charge in [-0.15, -0.1) is 12.3 Å². The summed E-state index contributed by atoms with van der Waals surface area (Å²) >= 11 is 0. The number of pyridine rings is 1. The molecule has 0 unspecified atom stereocenters. The maximum absolute atomic E-state index is 11.7. The average molecular weight is 249 g/mol. The van der Waals surface area contributed by atoms with E-state index in [1.807, 2.05) is 6.07 Å². The van der Waals surface area contributed by atoms with Crippen molar-refractivity contribution < 1.29 is 8.42 Å². The predicted molar refractivity (Wildman–Crippen MR) is 62.2 cm³/mol. The lowest BCUT2D eigenvalue weighted by Crippen LogP contribution is -2.24. The van der Waals surface area contributed by atoms with Crippen molar-refractivity contribution in [3.05, 3.63) is 24.0 Å². The van der Waals surface area contributed by atoms with Crippen molar-refractivity contribution in [2.45, 2.75) is 17.7 Å². The summed E-state index contributed by atoms with van der Waals surface area (Å²) in [6, 6.07) is 4.52. The zero-order valence-electron chi connectivity index (χ0n) is 9.05. The summed E-state index contributed by atoms with van der Waals surface area (Å²) in [6.45, 7) is 0.284. The fourth-order valence-corrected chi connectivity index (χ4v) is 2.10. The quantitative estimate of drug-likeness (QED) is 0.613. The second kappa shape index (κ2) is 6.00. The first kappa shape index (κ1) is 13.2. The standard InChI is InChI=1S/C11H11N3O2S/c1-2-3-4-7-14-17(15,16)11-6-5-10(8-12)13-9-11/h1,5-6,9,14H,3-4,7H2. The molecule has 0 spiro atoms. The highest BCUT2D eigenvalue weighted by Crippen LogP contribution is 2.07. The first-order chi connectivity index (χ1) is 8.10. The van der Waals surface area contributed by atoms with Gasteiger partial charge >= 0.3 is 0 Å². The van der Waals surface area contributed by atoms with Crippen LogP contribution in [0.3, 0.4) is 0 Å². The molecule has 0 aromatic carbocycles. The van der Waals surface area contributed by atoms with Crippen LogP contribution in [0.15, 0.2) is 23.2 Å². The lowest BCUT2D eigenvalue weighted by molar-refractivity contribution is 0.579. The van der Waals surface area contributed by atoms with E-state index >= 15 is 0 Å². The molecule has 1 aromatic rings. The molecule has 1 heterocycles. The van der Waals surface area contributed by atoms with Crippen molar-refractivity contribution >= 4 is 10.0 Å². The van der Waals surface area contributed by atoms with Gasteiger partial charge in [0.2, 0.25) is 10.0 Å².